The maximum atomic E-state index is 5.97. The van der Waals surface area contributed by atoms with Crippen molar-refractivity contribution in [2.24, 2.45) is 7.05 Å². The molecule has 0 unspecified atom stereocenters. The minimum absolute atomic E-state index is 0.442. The van der Waals surface area contributed by atoms with E-state index >= 15 is 0 Å². The van der Waals surface area contributed by atoms with E-state index in [2.05, 4.69) is 4.98 Å². The Morgan fingerprint density at radius 3 is 2.74 bits per heavy atom. The number of benzene rings is 2. The molecule has 4 heteroatoms. The van der Waals surface area contributed by atoms with Gasteiger partial charge in [-0.25, -0.2) is 4.98 Å². The van der Waals surface area contributed by atoms with Gasteiger partial charge in [-0.15, -0.1) is 0 Å². The summed E-state index contributed by atoms with van der Waals surface area (Å²) in [5.41, 5.74) is 6.73. The molecule has 0 amide bonds. The van der Waals surface area contributed by atoms with Gasteiger partial charge in [-0.05, 0) is 12.1 Å². The number of fused-ring (bicyclic) bond motifs is 1. The van der Waals surface area contributed by atoms with Crippen molar-refractivity contribution < 1.29 is 4.74 Å². The van der Waals surface area contributed by atoms with E-state index in [1.165, 1.54) is 0 Å². The number of nitrogens with zero attached hydrogens (tertiary/aromatic N) is 2. The predicted molar refractivity (Wildman–Crippen MR) is 75.9 cm³/mol. The zero-order chi connectivity index (χ0) is 13.2. The normalized spacial score (nSPS) is 10.8. The Labute approximate surface area is 111 Å². The minimum Gasteiger partial charge on any atom is -0.485 e. The predicted octanol–water partition coefficient (Wildman–Crippen LogP) is 2.73. The van der Waals surface area contributed by atoms with Crippen molar-refractivity contribution in [3.05, 3.63) is 54.6 Å². The molecule has 0 bridgehead atoms. The molecule has 0 atom stereocenters. The number of anilines is 1. The lowest BCUT2D eigenvalue weighted by Gasteiger charge is -2.10. The van der Waals surface area contributed by atoms with Gasteiger partial charge in [0.1, 0.15) is 18.2 Å². The summed E-state index contributed by atoms with van der Waals surface area (Å²) >= 11 is 0. The number of nitrogens with two attached hydrogens (primary N) is 1. The van der Waals surface area contributed by atoms with Gasteiger partial charge < -0.3 is 15.0 Å². The molecule has 4 nitrogen and oxygen atoms in total. The van der Waals surface area contributed by atoms with Crippen LogP contribution in [0.3, 0.4) is 0 Å². The molecule has 0 aliphatic rings. The SMILES string of the molecule is Cn1ccnc1COc1cccc2c(N)cccc12. The van der Waals surface area contributed by atoms with Gasteiger partial charge in [-0.2, -0.15) is 0 Å². The van der Waals surface area contributed by atoms with Crippen LogP contribution < -0.4 is 10.5 Å². The second-order valence-electron chi connectivity index (χ2n) is 4.44. The van der Waals surface area contributed by atoms with Crippen molar-refractivity contribution in [1.82, 2.24) is 9.55 Å². The lowest BCUT2D eigenvalue weighted by atomic mass is 10.1. The van der Waals surface area contributed by atoms with Gasteiger partial charge in [0.05, 0.1) is 0 Å². The highest BCUT2D eigenvalue weighted by Gasteiger charge is 2.05. The number of aryl methyl sites for hydroxylation is 1. The lowest BCUT2D eigenvalue weighted by Crippen LogP contribution is -2.03. The molecule has 1 heterocycles. The van der Waals surface area contributed by atoms with Gasteiger partial charge >= 0.3 is 0 Å². The second kappa shape index (κ2) is 4.65. The third kappa shape index (κ3) is 2.12. The number of hydrogen-bond acceptors (Lipinski definition) is 3. The van der Waals surface area contributed by atoms with E-state index in [-0.39, 0.29) is 0 Å². The first-order chi connectivity index (χ1) is 9.25. The highest BCUT2D eigenvalue weighted by atomic mass is 16.5. The number of ether oxygens (including phenoxy) is 1. The van der Waals surface area contributed by atoms with Gasteiger partial charge in [0, 0.05) is 35.9 Å². The van der Waals surface area contributed by atoms with Gasteiger partial charge in [0.15, 0.2) is 0 Å². The Bertz CT molecular complexity index is 718. The number of imidazole rings is 1. The summed E-state index contributed by atoms with van der Waals surface area (Å²) in [6.45, 7) is 0.442. The van der Waals surface area contributed by atoms with E-state index in [4.69, 9.17) is 10.5 Å². The first-order valence-corrected chi connectivity index (χ1v) is 6.12. The van der Waals surface area contributed by atoms with Gasteiger partial charge in [0.2, 0.25) is 0 Å². The van der Waals surface area contributed by atoms with Crippen LogP contribution in [0.4, 0.5) is 5.69 Å². The van der Waals surface area contributed by atoms with Crippen LogP contribution in [-0.4, -0.2) is 9.55 Å². The molecule has 96 valence electrons. The van der Waals surface area contributed by atoms with Crippen molar-refractivity contribution in [3.63, 3.8) is 0 Å². The summed E-state index contributed by atoms with van der Waals surface area (Å²) in [7, 11) is 1.95. The Hall–Kier alpha value is -2.49. The van der Waals surface area contributed by atoms with E-state index in [0.29, 0.717) is 6.61 Å². The quantitative estimate of drug-likeness (QED) is 0.730. The minimum atomic E-state index is 0.442. The average Bonchev–Trinajstić information content (AvgIpc) is 2.82. The first kappa shape index (κ1) is 11.6. The van der Waals surface area contributed by atoms with E-state index in [9.17, 15) is 0 Å². The number of rotatable bonds is 3. The largest absolute Gasteiger partial charge is 0.485 e. The van der Waals surface area contributed by atoms with E-state index in [1.807, 2.05) is 54.2 Å². The summed E-state index contributed by atoms with van der Waals surface area (Å²) < 4.78 is 7.80. The monoisotopic (exact) mass is 253 g/mol. The van der Waals surface area contributed by atoms with E-state index < -0.39 is 0 Å². The Morgan fingerprint density at radius 2 is 1.95 bits per heavy atom. The van der Waals surface area contributed by atoms with Crippen LogP contribution in [-0.2, 0) is 13.7 Å². The second-order valence-corrected chi connectivity index (χ2v) is 4.44. The average molecular weight is 253 g/mol. The van der Waals surface area contributed by atoms with Crippen LogP contribution in [0.15, 0.2) is 48.8 Å². The zero-order valence-corrected chi connectivity index (χ0v) is 10.7. The number of nitrogen functional groups attached to an aromatic ring is 1. The Morgan fingerprint density at radius 1 is 1.16 bits per heavy atom. The standard InChI is InChI=1S/C15H15N3O/c1-18-9-8-17-15(18)10-19-14-7-3-4-11-12(14)5-2-6-13(11)16/h2-9H,10,16H2,1H3. The van der Waals surface area contributed by atoms with Crippen LogP contribution in [0, 0.1) is 0 Å². The van der Waals surface area contributed by atoms with Gasteiger partial charge in [-0.3, -0.25) is 0 Å². The molecular formula is C15H15N3O. The third-order valence-corrected chi connectivity index (χ3v) is 3.19. The highest BCUT2D eigenvalue weighted by Crippen LogP contribution is 2.29. The summed E-state index contributed by atoms with van der Waals surface area (Å²) in [5.74, 6) is 1.72. The van der Waals surface area contributed by atoms with Crippen molar-refractivity contribution in [3.8, 4) is 5.75 Å². The van der Waals surface area contributed by atoms with Crippen LogP contribution >= 0.6 is 0 Å². The van der Waals surface area contributed by atoms with Crippen LogP contribution in [0.2, 0.25) is 0 Å². The van der Waals surface area contributed by atoms with Crippen molar-refractivity contribution in [2.75, 3.05) is 5.73 Å². The summed E-state index contributed by atoms with van der Waals surface area (Å²) in [4.78, 5) is 4.24. The molecule has 0 fully saturated rings. The number of aromatic nitrogens is 2. The molecule has 0 aliphatic heterocycles. The molecule has 2 N–H and O–H groups in total. The van der Waals surface area contributed by atoms with Crippen molar-refractivity contribution in [1.29, 1.82) is 0 Å². The fourth-order valence-electron chi connectivity index (χ4n) is 2.11. The molecule has 3 rings (SSSR count). The molecule has 1 aromatic heterocycles. The first-order valence-electron chi connectivity index (χ1n) is 6.12. The topological polar surface area (TPSA) is 53.1 Å². The van der Waals surface area contributed by atoms with Crippen LogP contribution in [0.5, 0.6) is 5.75 Å². The van der Waals surface area contributed by atoms with Gasteiger partial charge in [-0.1, -0.05) is 24.3 Å². The molecule has 0 aliphatic carbocycles. The summed E-state index contributed by atoms with van der Waals surface area (Å²) in [6, 6.07) is 11.7. The van der Waals surface area contributed by atoms with Crippen molar-refractivity contribution >= 4 is 16.5 Å². The molecule has 0 saturated carbocycles. The fraction of sp³-hybridized carbons (Fsp3) is 0.133. The number of hydrogen-bond donors (Lipinski definition) is 1. The van der Waals surface area contributed by atoms with E-state index in [0.717, 1.165) is 28.0 Å². The lowest BCUT2D eigenvalue weighted by molar-refractivity contribution is 0.295. The molecular weight excluding hydrogens is 238 g/mol. The zero-order valence-electron chi connectivity index (χ0n) is 10.7. The molecule has 0 saturated heterocycles. The molecule has 3 aromatic rings. The summed E-state index contributed by atoms with van der Waals surface area (Å²) in [6.07, 6.45) is 3.67. The maximum Gasteiger partial charge on any atom is 0.146 e. The molecule has 0 spiro atoms. The van der Waals surface area contributed by atoms with Gasteiger partial charge in [0.25, 0.3) is 0 Å². The highest BCUT2D eigenvalue weighted by molar-refractivity contribution is 5.96. The van der Waals surface area contributed by atoms with Crippen molar-refractivity contribution in [2.45, 2.75) is 6.61 Å². The summed E-state index contributed by atoms with van der Waals surface area (Å²) in [5, 5.41) is 2.04. The van der Waals surface area contributed by atoms with E-state index in [1.54, 1.807) is 6.20 Å². The Kier molecular flexibility index (Phi) is 2.83. The van der Waals surface area contributed by atoms with Crippen LogP contribution in [0.1, 0.15) is 5.82 Å². The Balaban J connectivity index is 1.93. The molecule has 19 heavy (non-hydrogen) atoms. The fourth-order valence-corrected chi connectivity index (χ4v) is 2.11. The molecule has 0 radical (unpaired) electrons. The third-order valence-electron chi connectivity index (χ3n) is 3.19. The maximum absolute atomic E-state index is 5.97. The smallest absolute Gasteiger partial charge is 0.146 e. The van der Waals surface area contributed by atoms with Crippen LogP contribution in [0.25, 0.3) is 10.8 Å². The molecule has 2 aromatic carbocycles.